The number of hydrogen-bond acceptors (Lipinski definition) is 3. The summed E-state index contributed by atoms with van der Waals surface area (Å²) in [6.45, 7) is 6.75. The maximum Gasteiger partial charge on any atom is 0.328 e. The molecule has 1 N–H and O–H groups in total. The van der Waals surface area contributed by atoms with E-state index in [-0.39, 0.29) is 17.9 Å². The summed E-state index contributed by atoms with van der Waals surface area (Å²) < 4.78 is 15.4. The summed E-state index contributed by atoms with van der Waals surface area (Å²) in [7, 11) is 0. The highest BCUT2D eigenvalue weighted by Crippen LogP contribution is 2.28. The number of fused-ring (bicyclic) bond motifs is 1. The minimum absolute atomic E-state index is 0.000449. The summed E-state index contributed by atoms with van der Waals surface area (Å²) in [6.07, 6.45) is 1.84. The fourth-order valence-corrected chi connectivity index (χ4v) is 3.75. The standard InChI is InChI=1S/C22H25FN4O/c1-16(2)24-19-15-18(23)7-8-21(19)25-11-13-26(14-12-25)22(28)27-10-9-17-5-3-4-6-20(17)27/h3-10,15-16,24H,11-14H2,1-2H3. The number of carbonyl (C=O) groups is 1. The third-order valence-corrected chi connectivity index (χ3v) is 5.10. The van der Waals surface area contributed by atoms with Crippen molar-refractivity contribution in [2.45, 2.75) is 19.9 Å². The fraction of sp³-hybridized carbons (Fsp3) is 0.318. The van der Waals surface area contributed by atoms with Gasteiger partial charge in [0.1, 0.15) is 5.82 Å². The van der Waals surface area contributed by atoms with Crippen molar-refractivity contribution in [2.24, 2.45) is 0 Å². The van der Waals surface area contributed by atoms with Crippen molar-refractivity contribution < 1.29 is 9.18 Å². The normalized spacial score (nSPS) is 14.7. The van der Waals surface area contributed by atoms with Crippen LogP contribution in [0.1, 0.15) is 13.8 Å². The number of anilines is 2. The van der Waals surface area contributed by atoms with Gasteiger partial charge in [0.25, 0.3) is 0 Å². The lowest BCUT2D eigenvalue weighted by molar-refractivity contribution is 0.197. The van der Waals surface area contributed by atoms with Crippen molar-refractivity contribution in [3.05, 3.63) is 60.5 Å². The Hall–Kier alpha value is -3.02. The molecule has 1 aliphatic rings. The zero-order valence-corrected chi connectivity index (χ0v) is 16.2. The zero-order chi connectivity index (χ0) is 19.7. The van der Waals surface area contributed by atoms with Gasteiger partial charge in [0, 0.05) is 43.8 Å². The van der Waals surface area contributed by atoms with Gasteiger partial charge < -0.3 is 15.1 Å². The van der Waals surface area contributed by atoms with Crippen molar-refractivity contribution >= 4 is 28.3 Å². The highest BCUT2D eigenvalue weighted by atomic mass is 19.1. The van der Waals surface area contributed by atoms with E-state index in [1.807, 2.05) is 61.3 Å². The van der Waals surface area contributed by atoms with Crippen molar-refractivity contribution in [3.8, 4) is 0 Å². The van der Waals surface area contributed by atoms with Crippen LogP contribution in [0.3, 0.4) is 0 Å². The number of piperazine rings is 1. The quantitative estimate of drug-likeness (QED) is 0.733. The Morgan fingerprint density at radius 3 is 2.54 bits per heavy atom. The Morgan fingerprint density at radius 1 is 1.04 bits per heavy atom. The predicted octanol–water partition coefficient (Wildman–Crippen LogP) is 4.39. The maximum absolute atomic E-state index is 13.7. The fourth-order valence-electron chi connectivity index (χ4n) is 3.75. The van der Waals surface area contributed by atoms with Gasteiger partial charge in [-0.25, -0.2) is 9.18 Å². The molecular weight excluding hydrogens is 355 g/mol. The number of nitrogens with zero attached hydrogens (tertiary/aromatic N) is 3. The summed E-state index contributed by atoms with van der Waals surface area (Å²) in [6, 6.07) is 14.9. The van der Waals surface area contributed by atoms with Crippen LogP contribution < -0.4 is 10.2 Å². The van der Waals surface area contributed by atoms with Crippen LogP contribution in [0.2, 0.25) is 0 Å². The number of halogens is 1. The summed E-state index contributed by atoms with van der Waals surface area (Å²) >= 11 is 0. The second-order valence-electron chi connectivity index (χ2n) is 7.46. The topological polar surface area (TPSA) is 40.5 Å². The van der Waals surface area contributed by atoms with Gasteiger partial charge in [-0.2, -0.15) is 0 Å². The lowest BCUT2D eigenvalue weighted by Gasteiger charge is -2.37. The van der Waals surface area contributed by atoms with Crippen LogP contribution in [0, 0.1) is 5.82 Å². The molecule has 146 valence electrons. The van der Waals surface area contributed by atoms with Crippen LogP contribution in [0.4, 0.5) is 20.6 Å². The molecule has 0 aliphatic carbocycles. The monoisotopic (exact) mass is 380 g/mol. The molecule has 1 aromatic heterocycles. The zero-order valence-electron chi connectivity index (χ0n) is 16.2. The minimum atomic E-state index is -0.250. The third-order valence-electron chi connectivity index (χ3n) is 5.10. The maximum atomic E-state index is 13.7. The van der Waals surface area contributed by atoms with Gasteiger partial charge in [-0.3, -0.25) is 4.57 Å². The van der Waals surface area contributed by atoms with E-state index in [1.54, 1.807) is 10.6 Å². The molecule has 1 aliphatic heterocycles. The number of rotatable bonds is 3. The van der Waals surface area contributed by atoms with Gasteiger partial charge in [-0.05, 0) is 44.2 Å². The number of carbonyl (C=O) groups excluding carboxylic acids is 1. The highest BCUT2D eigenvalue weighted by Gasteiger charge is 2.24. The van der Waals surface area contributed by atoms with Crippen LogP contribution in [-0.2, 0) is 0 Å². The summed E-state index contributed by atoms with van der Waals surface area (Å²) in [5, 5.41) is 4.38. The third kappa shape index (κ3) is 3.54. The largest absolute Gasteiger partial charge is 0.381 e. The molecule has 1 amide bonds. The molecule has 0 spiro atoms. The van der Waals surface area contributed by atoms with Crippen molar-refractivity contribution in [1.82, 2.24) is 9.47 Å². The summed E-state index contributed by atoms with van der Waals surface area (Å²) in [5.41, 5.74) is 2.71. The first-order chi connectivity index (χ1) is 13.5. The Labute approximate surface area is 164 Å². The van der Waals surface area contributed by atoms with E-state index in [4.69, 9.17) is 0 Å². The van der Waals surface area contributed by atoms with E-state index in [9.17, 15) is 9.18 Å². The number of para-hydroxylation sites is 1. The molecule has 2 heterocycles. The Morgan fingerprint density at radius 2 is 1.79 bits per heavy atom. The minimum Gasteiger partial charge on any atom is -0.381 e. The molecule has 5 nitrogen and oxygen atoms in total. The van der Waals surface area contributed by atoms with E-state index in [2.05, 4.69) is 10.2 Å². The molecule has 0 unspecified atom stereocenters. The Balaban J connectivity index is 1.48. The molecule has 1 saturated heterocycles. The molecule has 0 atom stereocenters. The van der Waals surface area contributed by atoms with Gasteiger partial charge in [0.2, 0.25) is 0 Å². The first-order valence-electron chi connectivity index (χ1n) is 9.69. The number of nitrogens with one attached hydrogen (secondary N) is 1. The lowest BCUT2D eigenvalue weighted by Crippen LogP contribution is -2.50. The van der Waals surface area contributed by atoms with Gasteiger partial charge in [-0.15, -0.1) is 0 Å². The predicted molar refractivity (Wildman–Crippen MR) is 112 cm³/mol. The molecule has 1 fully saturated rings. The Kier molecular flexibility index (Phi) is 4.94. The molecule has 2 aromatic carbocycles. The van der Waals surface area contributed by atoms with Crippen LogP contribution >= 0.6 is 0 Å². The van der Waals surface area contributed by atoms with E-state index in [0.717, 1.165) is 22.3 Å². The van der Waals surface area contributed by atoms with Crippen molar-refractivity contribution in [3.63, 3.8) is 0 Å². The van der Waals surface area contributed by atoms with Gasteiger partial charge in [0.05, 0.1) is 16.9 Å². The first kappa shape index (κ1) is 18.3. The number of amides is 1. The second kappa shape index (κ2) is 7.54. The van der Waals surface area contributed by atoms with E-state index >= 15 is 0 Å². The van der Waals surface area contributed by atoms with Crippen LogP contribution in [-0.4, -0.2) is 47.7 Å². The van der Waals surface area contributed by atoms with E-state index < -0.39 is 0 Å². The summed E-state index contributed by atoms with van der Waals surface area (Å²) in [5.74, 6) is -0.250. The van der Waals surface area contributed by atoms with Crippen molar-refractivity contribution in [2.75, 3.05) is 36.4 Å². The van der Waals surface area contributed by atoms with Gasteiger partial charge in [-0.1, -0.05) is 18.2 Å². The van der Waals surface area contributed by atoms with Crippen LogP contribution in [0.25, 0.3) is 10.9 Å². The van der Waals surface area contributed by atoms with E-state index in [1.165, 1.54) is 6.07 Å². The number of hydrogen-bond donors (Lipinski definition) is 1. The molecule has 0 saturated carbocycles. The summed E-state index contributed by atoms with van der Waals surface area (Å²) in [4.78, 5) is 17.1. The van der Waals surface area contributed by atoms with Gasteiger partial charge in [0.15, 0.2) is 0 Å². The smallest absolute Gasteiger partial charge is 0.328 e. The highest BCUT2D eigenvalue weighted by molar-refractivity contribution is 5.91. The Bertz CT molecular complexity index is 989. The molecule has 0 bridgehead atoms. The molecular formula is C22H25FN4O. The van der Waals surface area contributed by atoms with E-state index in [0.29, 0.717) is 26.2 Å². The second-order valence-corrected chi connectivity index (χ2v) is 7.46. The number of aromatic nitrogens is 1. The average molecular weight is 380 g/mol. The molecule has 4 rings (SSSR count). The molecule has 3 aromatic rings. The molecule has 6 heteroatoms. The SMILES string of the molecule is CC(C)Nc1cc(F)ccc1N1CCN(C(=O)n2ccc3ccccc32)CC1. The molecule has 0 radical (unpaired) electrons. The van der Waals surface area contributed by atoms with Crippen LogP contribution in [0.15, 0.2) is 54.7 Å². The number of benzene rings is 2. The van der Waals surface area contributed by atoms with Gasteiger partial charge >= 0.3 is 6.03 Å². The molecule has 28 heavy (non-hydrogen) atoms. The van der Waals surface area contributed by atoms with Crippen LogP contribution in [0.5, 0.6) is 0 Å². The van der Waals surface area contributed by atoms with Crippen molar-refractivity contribution in [1.29, 1.82) is 0 Å². The average Bonchev–Trinajstić information content (AvgIpc) is 3.11. The lowest BCUT2D eigenvalue weighted by atomic mass is 10.2. The first-order valence-corrected chi connectivity index (χ1v) is 9.69.